The number of amides is 2. The highest BCUT2D eigenvalue weighted by atomic mass is 35.5. The molecule has 0 saturated heterocycles. The number of aromatic nitrogens is 1. The molecular formula is C24H29ClN4O2. The molecule has 2 atom stereocenters. The summed E-state index contributed by atoms with van der Waals surface area (Å²) in [6.07, 6.45) is 5.96. The van der Waals surface area contributed by atoms with Gasteiger partial charge in [0.05, 0.1) is 10.6 Å². The number of rotatable bonds is 5. The van der Waals surface area contributed by atoms with Crippen LogP contribution in [0.5, 0.6) is 0 Å². The molecule has 6 nitrogen and oxygen atoms in total. The van der Waals surface area contributed by atoms with Crippen LogP contribution < -0.4 is 16.0 Å². The molecule has 2 aromatic rings. The Hall–Kier alpha value is -2.60. The monoisotopic (exact) mass is 440 g/mol. The number of carbonyl (C=O) groups is 2. The van der Waals surface area contributed by atoms with Crippen molar-refractivity contribution < 1.29 is 9.59 Å². The number of carbonyl (C=O) groups excluding carboxylic acids is 2. The van der Waals surface area contributed by atoms with Crippen LogP contribution in [-0.4, -0.2) is 29.4 Å². The summed E-state index contributed by atoms with van der Waals surface area (Å²) in [4.78, 5) is 28.0. The maximum atomic E-state index is 12.2. The van der Waals surface area contributed by atoms with Crippen molar-refractivity contribution in [2.24, 2.45) is 5.92 Å². The van der Waals surface area contributed by atoms with Crippen molar-refractivity contribution in [2.45, 2.75) is 58.0 Å². The summed E-state index contributed by atoms with van der Waals surface area (Å²) < 4.78 is 0. The van der Waals surface area contributed by atoms with E-state index in [0.29, 0.717) is 16.5 Å². The lowest BCUT2D eigenvalue weighted by atomic mass is 9.85. The molecule has 1 aromatic heterocycles. The number of anilines is 1. The van der Waals surface area contributed by atoms with Crippen molar-refractivity contribution in [3.63, 3.8) is 0 Å². The van der Waals surface area contributed by atoms with Gasteiger partial charge in [0.15, 0.2) is 0 Å². The van der Waals surface area contributed by atoms with Crippen molar-refractivity contribution in [1.29, 1.82) is 0 Å². The van der Waals surface area contributed by atoms with Crippen LogP contribution in [0.25, 0.3) is 11.1 Å². The summed E-state index contributed by atoms with van der Waals surface area (Å²) in [6.45, 7) is 6.38. The maximum absolute atomic E-state index is 12.2. The Morgan fingerprint density at radius 2 is 2.06 bits per heavy atom. The minimum atomic E-state index is -0.408. The van der Waals surface area contributed by atoms with Gasteiger partial charge in [-0.1, -0.05) is 24.1 Å². The van der Waals surface area contributed by atoms with Gasteiger partial charge in [-0.15, -0.1) is 0 Å². The van der Waals surface area contributed by atoms with Gasteiger partial charge in [0.1, 0.15) is 5.82 Å². The van der Waals surface area contributed by atoms with E-state index in [0.717, 1.165) is 54.7 Å². The van der Waals surface area contributed by atoms with E-state index in [1.54, 1.807) is 13.1 Å². The van der Waals surface area contributed by atoms with Crippen LogP contribution in [-0.2, 0) is 10.3 Å². The smallest absolute Gasteiger partial charge is 0.252 e. The summed E-state index contributed by atoms with van der Waals surface area (Å²) in [5.74, 6) is 1.26. The van der Waals surface area contributed by atoms with Crippen molar-refractivity contribution in [3.8, 4) is 11.1 Å². The van der Waals surface area contributed by atoms with Gasteiger partial charge in [-0.05, 0) is 68.4 Å². The number of nitrogens with zero attached hydrogens (tertiary/aromatic N) is 1. The molecule has 1 aromatic carbocycles. The molecule has 0 bridgehead atoms. The highest BCUT2D eigenvalue weighted by Gasteiger charge is 2.35. The fourth-order valence-electron chi connectivity index (χ4n) is 4.75. The van der Waals surface area contributed by atoms with E-state index in [-0.39, 0.29) is 17.9 Å². The number of pyridine rings is 1. The molecule has 1 fully saturated rings. The first-order valence-corrected chi connectivity index (χ1v) is 11.2. The lowest BCUT2D eigenvalue weighted by Gasteiger charge is -2.29. The molecule has 4 rings (SSSR count). The van der Waals surface area contributed by atoms with Crippen molar-refractivity contribution >= 4 is 29.2 Å². The molecule has 164 valence electrons. The molecule has 2 amide bonds. The van der Waals surface area contributed by atoms with E-state index >= 15 is 0 Å². The van der Waals surface area contributed by atoms with E-state index in [2.05, 4.69) is 20.9 Å². The number of nitrogens with one attached hydrogen (secondary N) is 3. The highest BCUT2D eigenvalue weighted by molar-refractivity contribution is 6.33. The molecule has 31 heavy (non-hydrogen) atoms. The van der Waals surface area contributed by atoms with Crippen LogP contribution in [0.1, 0.15) is 62.4 Å². The van der Waals surface area contributed by atoms with E-state index < -0.39 is 5.54 Å². The summed E-state index contributed by atoms with van der Waals surface area (Å²) in [5.41, 5.74) is 3.12. The van der Waals surface area contributed by atoms with Crippen LogP contribution in [0.4, 0.5) is 5.82 Å². The predicted molar refractivity (Wildman–Crippen MR) is 123 cm³/mol. The predicted octanol–water partition coefficient (Wildman–Crippen LogP) is 4.49. The normalized spacial score (nSPS) is 21.9. The van der Waals surface area contributed by atoms with Gasteiger partial charge in [-0.25, -0.2) is 4.98 Å². The Balaban J connectivity index is 1.50. The average Bonchev–Trinajstić information content (AvgIpc) is 2.95. The van der Waals surface area contributed by atoms with Crippen molar-refractivity contribution in [2.75, 3.05) is 11.9 Å². The van der Waals surface area contributed by atoms with Gasteiger partial charge in [0.25, 0.3) is 5.91 Å². The minimum absolute atomic E-state index is 0.0389. The summed E-state index contributed by atoms with van der Waals surface area (Å²) >= 11 is 6.48. The Bertz CT molecular complexity index is 1020. The Morgan fingerprint density at radius 3 is 2.84 bits per heavy atom. The van der Waals surface area contributed by atoms with Crippen molar-refractivity contribution in [3.05, 3.63) is 46.6 Å². The second-order valence-corrected chi connectivity index (χ2v) is 9.61. The van der Waals surface area contributed by atoms with E-state index in [1.165, 1.54) is 0 Å². The zero-order valence-electron chi connectivity index (χ0n) is 18.2. The number of halogens is 1. The highest BCUT2D eigenvalue weighted by Crippen LogP contribution is 2.36. The van der Waals surface area contributed by atoms with Gasteiger partial charge in [0.2, 0.25) is 5.91 Å². The largest absolute Gasteiger partial charge is 0.370 e. The van der Waals surface area contributed by atoms with E-state index in [1.807, 2.05) is 38.1 Å². The number of hydrogen-bond donors (Lipinski definition) is 3. The minimum Gasteiger partial charge on any atom is -0.370 e. The first-order chi connectivity index (χ1) is 14.7. The van der Waals surface area contributed by atoms with Crippen LogP contribution in [0.3, 0.4) is 0 Å². The molecule has 2 aliphatic rings. The molecule has 7 heteroatoms. The molecule has 1 saturated carbocycles. The SMILES string of the molecule is CC(=O)N[C@@H]1CCCC(CNc2cc(-c3ccc4c(c3)C(C)(C)NC4=O)c(Cl)cn2)C1. The van der Waals surface area contributed by atoms with Gasteiger partial charge >= 0.3 is 0 Å². The lowest BCUT2D eigenvalue weighted by molar-refractivity contribution is -0.119. The van der Waals surface area contributed by atoms with Gasteiger partial charge < -0.3 is 16.0 Å². The third kappa shape index (κ3) is 4.69. The van der Waals surface area contributed by atoms with Crippen LogP contribution >= 0.6 is 11.6 Å². The van der Waals surface area contributed by atoms with Gasteiger partial charge in [-0.2, -0.15) is 0 Å². The Kier molecular flexibility index (Phi) is 5.93. The fraction of sp³-hybridized carbons (Fsp3) is 0.458. The summed E-state index contributed by atoms with van der Waals surface area (Å²) in [6, 6.07) is 8.07. The van der Waals surface area contributed by atoms with E-state index in [9.17, 15) is 9.59 Å². The molecule has 0 radical (unpaired) electrons. The molecule has 3 N–H and O–H groups in total. The topological polar surface area (TPSA) is 83.1 Å². The van der Waals surface area contributed by atoms with Crippen LogP contribution in [0, 0.1) is 5.92 Å². The Morgan fingerprint density at radius 1 is 1.26 bits per heavy atom. The van der Waals surface area contributed by atoms with Crippen molar-refractivity contribution in [1.82, 2.24) is 15.6 Å². The third-order valence-corrected chi connectivity index (χ3v) is 6.59. The quantitative estimate of drug-likeness (QED) is 0.639. The molecular weight excluding hydrogens is 412 g/mol. The average molecular weight is 441 g/mol. The molecule has 0 spiro atoms. The Labute approximate surface area is 188 Å². The molecule has 2 heterocycles. The zero-order chi connectivity index (χ0) is 22.2. The summed E-state index contributed by atoms with van der Waals surface area (Å²) in [5, 5.41) is 10.1. The summed E-state index contributed by atoms with van der Waals surface area (Å²) in [7, 11) is 0. The zero-order valence-corrected chi connectivity index (χ0v) is 19.0. The molecule has 1 unspecified atom stereocenters. The maximum Gasteiger partial charge on any atom is 0.252 e. The van der Waals surface area contributed by atoms with Gasteiger partial charge in [-0.3, -0.25) is 9.59 Å². The third-order valence-electron chi connectivity index (χ3n) is 6.29. The van der Waals surface area contributed by atoms with Crippen LogP contribution in [0.2, 0.25) is 5.02 Å². The second-order valence-electron chi connectivity index (χ2n) is 9.20. The standard InChI is InChI=1S/C24H29ClN4O2/c1-14(30)28-17-6-4-5-15(9-17)12-26-22-11-19(21(25)13-27-22)16-7-8-18-20(10-16)24(2,3)29-23(18)31/h7-8,10-11,13,15,17H,4-6,9,12H2,1-3H3,(H,26,27)(H,28,30)(H,29,31)/t15?,17-/m1/s1. The van der Waals surface area contributed by atoms with Gasteiger partial charge in [0, 0.05) is 36.8 Å². The lowest BCUT2D eigenvalue weighted by Crippen LogP contribution is -2.38. The first kappa shape index (κ1) is 21.6. The van der Waals surface area contributed by atoms with Crippen LogP contribution in [0.15, 0.2) is 30.5 Å². The number of benzene rings is 1. The first-order valence-electron chi connectivity index (χ1n) is 10.9. The van der Waals surface area contributed by atoms with E-state index in [4.69, 9.17) is 11.6 Å². The second kappa shape index (κ2) is 8.50. The number of hydrogen-bond acceptors (Lipinski definition) is 4. The molecule has 1 aliphatic heterocycles. The fourth-order valence-corrected chi connectivity index (χ4v) is 4.96. The molecule has 1 aliphatic carbocycles. The number of fused-ring (bicyclic) bond motifs is 1.